The third-order valence-corrected chi connectivity index (χ3v) is 5.05. The molecule has 0 radical (unpaired) electrons. The van der Waals surface area contributed by atoms with Gasteiger partial charge in [0.15, 0.2) is 5.52 Å². The monoisotopic (exact) mass is 414 g/mol. The molecular formula is C24H22N4O3. The van der Waals surface area contributed by atoms with Gasteiger partial charge in [0, 0.05) is 12.7 Å². The summed E-state index contributed by atoms with van der Waals surface area (Å²) in [5.74, 6) is -0.298. The van der Waals surface area contributed by atoms with Gasteiger partial charge in [0.2, 0.25) is 5.91 Å². The van der Waals surface area contributed by atoms with Gasteiger partial charge in [-0.1, -0.05) is 60.7 Å². The van der Waals surface area contributed by atoms with Crippen molar-refractivity contribution in [1.82, 2.24) is 19.4 Å². The van der Waals surface area contributed by atoms with Gasteiger partial charge in [-0.25, -0.2) is 9.78 Å². The predicted octanol–water partition coefficient (Wildman–Crippen LogP) is 1.97. The molecule has 4 rings (SSSR count). The van der Waals surface area contributed by atoms with Crippen molar-refractivity contribution in [3.63, 3.8) is 0 Å². The van der Waals surface area contributed by atoms with Crippen molar-refractivity contribution in [1.29, 1.82) is 0 Å². The number of nitrogens with zero attached hydrogens (tertiary/aromatic N) is 3. The summed E-state index contributed by atoms with van der Waals surface area (Å²) < 4.78 is 2.44. The van der Waals surface area contributed by atoms with Crippen LogP contribution in [0.2, 0.25) is 0 Å². The van der Waals surface area contributed by atoms with Crippen LogP contribution in [0, 0.1) is 0 Å². The van der Waals surface area contributed by atoms with Crippen LogP contribution in [0.15, 0.2) is 88.6 Å². The summed E-state index contributed by atoms with van der Waals surface area (Å²) in [6.07, 6.45) is 2.20. The number of carbonyl (C=O) groups is 1. The van der Waals surface area contributed by atoms with E-state index in [2.05, 4.69) is 10.3 Å². The maximum Gasteiger partial charge on any atom is 0.332 e. The molecule has 1 amide bonds. The van der Waals surface area contributed by atoms with Crippen LogP contribution >= 0.6 is 0 Å². The van der Waals surface area contributed by atoms with Gasteiger partial charge in [0.25, 0.3) is 5.56 Å². The topological polar surface area (TPSA) is 86.0 Å². The molecule has 0 saturated heterocycles. The summed E-state index contributed by atoms with van der Waals surface area (Å²) >= 11 is 0. The fourth-order valence-electron chi connectivity index (χ4n) is 3.49. The van der Waals surface area contributed by atoms with Crippen LogP contribution < -0.4 is 16.6 Å². The molecule has 0 fully saturated rings. The first-order chi connectivity index (χ1) is 15.1. The maximum absolute atomic E-state index is 13.2. The minimum Gasteiger partial charge on any atom is -0.354 e. The average molecular weight is 414 g/mol. The number of carbonyl (C=O) groups excluding carboxylic acids is 1. The Morgan fingerprint density at radius 3 is 2.23 bits per heavy atom. The van der Waals surface area contributed by atoms with Crippen molar-refractivity contribution in [2.24, 2.45) is 0 Å². The maximum atomic E-state index is 13.2. The largest absolute Gasteiger partial charge is 0.354 e. The Kier molecular flexibility index (Phi) is 6.03. The first-order valence-corrected chi connectivity index (χ1v) is 10.1. The van der Waals surface area contributed by atoms with Crippen molar-refractivity contribution in [2.45, 2.75) is 19.5 Å². The Balaban J connectivity index is 1.61. The van der Waals surface area contributed by atoms with Gasteiger partial charge in [0.05, 0.1) is 12.1 Å². The molecule has 2 heterocycles. The van der Waals surface area contributed by atoms with E-state index < -0.39 is 11.2 Å². The number of hydrogen-bond donors (Lipinski definition) is 1. The number of benzene rings is 2. The molecule has 31 heavy (non-hydrogen) atoms. The zero-order chi connectivity index (χ0) is 21.6. The Morgan fingerprint density at radius 2 is 1.52 bits per heavy atom. The number of aromatic nitrogens is 3. The quantitative estimate of drug-likeness (QED) is 0.501. The summed E-state index contributed by atoms with van der Waals surface area (Å²) in [6, 6.07) is 22.4. The molecule has 1 N–H and O–H groups in total. The van der Waals surface area contributed by atoms with E-state index in [1.54, 1.807) is 12.1 Å². The Bertz CT molecular complexity index is 1310. The minimum absolute atomic E-state index is 0.112. The Hall–Kier alpha value is -4.00. The van der Waals surface area contributed by atoms with E-state index in [0.717, 1.165) is 15.7 Å². The number of amides is 1. The van der Waals surface area contributed by atoms with Crippen LogP contribution in [-0.4, -0.2) is 26.6 Å². The first-order valence-electron chi connectivity index (χ1n) is 10.1. The molecule has 156 valence electrons. The number of fused-ring (bicyclic) bond motifs is 1. The molecule has 2 aromatic carbocycles. The van der Waals surface area contributed by atoms with Gasteiger partial charge < -0.3 is 5.32 Å². The van der Waals surface area contributed by atoms with Crippen LogP contribution in [0.1, 0.15) is 11.1 Å². The summed E-state index contributed by atoms with van der Waals surface area (Å²) in [7, 11) is 0. The average Bonchev–Trinajstić information content (AvgIpc) is 2.81. The molecule has 0 spiro atoms. The van der Waals surface area contributed by atoms with Gasteiger partial charge >= 0.3 is 5.69 Å². The van der Waals surface area contributed by atoms with Gasteiger partial charge in [-0.15, -0.1) is 0 Å². The second-order valence-electron chi connectivity index (χ2n) is 7.20. The molecular weight excluding hydrogens is 392 g/mol. The normalized spacial score (nSPS) is 10.8. The second-order valence-corrected chi connectivity index (χ2v) is 7.20. The van der Waals surface area contributed by atoms with Crippen LogP contribution in [0.25, 0.3) is 11.0 Å². The molecule has 7 nitrogen and oxygen atoms in total. The Labute approximate surface area is 178 Å². The van der Waals surface area contributed by atoms with Crippen molar-refractivity contribution in [3.8, 4) is 0 Å². The van der Waals surface area contributed by atoms with Gasteiger partial charge in [-0.05, 0) is 29.7 Å². The molecule has 7 heteroatoms. The highest BCUT2D eigenvalue weighted by molar-refractivity contribution is 5.79. The third kappa shape index (κ3) is 4.61. The van der Waals surface area contributed by atoms with E-state index in [-0.39, 0.29) is 24.5 Å². The standard InChI is InChI=1S/C24H22N4O3/c29-21(25-15-13-18-8-3-1-4-9-18)17-27-20-12-7-14-26-22(20)23(30)28(24(27)31)16-19-10-5-2-6-11-19/h1-12,14H,13,15-17H2,(H,25,29). The molecule has 0 unspecified atom stereocenters. The van der Waals surface area contributed by atoms with E-state index in [4.69, 9.17) is 0 Å². The number of nitrogens with one attached hydrogen (secondary N) is 1. The summed E-state index contributed by atoms with van der Waals surface area (Å²) in [6.45, 7) is 0.378. The molecule has 0 aliphatic heterocycles. The zero-order valence-corrected chi connectivity index (χ0v) is 16.9. The van der Waals surface area contributed by atoms with Gasteiger partial charge in [-0.2, -0.15) is 0 Å². The zero-order valence-electron chi connectivity index (χ0n) is 16.9. The third-order valence-electron chi connectivity index (χ3n) is 5.05. The summed E-state index contributed by atoms with van der Waals surface area (Å²) in [5, 5.41) is 2.85. The summed E-state index contributed by atoms with van der Waals surface area (Å²) in [5.41, 5.74) is 1.44. The van der Waals surface area contributed by atoms with Crippen LogP contribution in [0.3, 0.4) is 0 Å². The molecule has 2 aromatic heterocycles. The van der Waals surface area contributed by atoms with E-state index >= 15 is 0 Å². The molecule has 0 bridgehead atoms. The lowest BCUT2D eigenvalue weighted by molar-refractivity contribution is -0.121. The highest BCUT2D eigenvalue weighted by atomic mass is 16.2. The minimum atomic E-state index is -0.535. The smallest absolute Gasteiger partial charge is 0.332 e. The van der Waals surface area contributed by atoms with Gasteiger partial charge in [0.1, 0.15) is 6.54 Å². The number of hydrogen-bond acceptors (Lipinski definition) is 4. The van der Waals surface area contributed by atoms with Crippen molar-refractivity contribution >= 4 is 16.9 Å². The SMILES string of the molecule is O=C(Cn1c(=O)n(Cc2ccccc2)c(=O)c2ncccc21)NCCc1ccccc1. The van der Waals surface area contributed by atoms with E-state index in [1.165, 1.54) is 10.8 Å². The van der Waals surface area contributed by atoms with E-state index in [0.29, 0.717) is 18.5 Å². The molecule has 0 aliphatic rings. The van der Waals surface area contributed by atoms with Crippen molar-refractivity contribution in [3.05, 3.63) is 111 Å². The van der Waals surface area contributed by atoms with Crippen molar-refractivity contribution in [2.75, 3.05) is 6.54 Å². The predicted molar refractivity (Wildman–Crippen MR) is 119 cm³/mol. The second kappa shape index (κ2) is 9.21. The Morgan fingerprint density at radius 1 is 0.839 bits per heavy atom. The summed E-state index contributed by atoms with van der Waals surface area (Å²) in [4.78, 5) is 42.8. The van der Waals surface area contributed by atoms with Crippen LogP contribution in [-0.2, 0) is 24.3 Å². The number of pyridine rings is 1. The first kappa shape index (κ1) is 20.3. The van der Waals surface area contributed by atoms with Crippen molar-refractivity contribution < 1.29 is 4.79 Å². The van der Waals surface area contributed by atoms with E-state index in [1.807, 2.05) is 60.7 Å². The van der Waals surface area contributed by atoms with Gasteiger partial charge in [-0.3, -0.25) is 18.7 Å². The molecule has 4 aromatic rings. The lowest BCUT2D eigenvalue weighted by Gasteiger charge is -2.14. The fraction of sp³-hybridized carbons (Fsp3) is 0.167. The van der Waals surface area contributed by atoms with E-state index in [9.17, 15) is 14.4 Å². The van der Waals surface area contributed by atoms with Crippen LogP contribution in [0.4, 0.5) is 0 Å². The number of rotatable bonds is 7. The molecule has 0 atom stereocenters. The lowest BCUT2D eigenvalue weighted by atomic mass is 10.1. The molecule has 0 saturated carbocycles. The fourth-order valence-corrected chi connectivity index (χ4v) is 3.49. The highest BCUT2D eigenvalue weighted by Crippen LogP contribution is 2.06. The highest BCUT2D eigenvalue weighted by Gasteiger charge is 2.16. The lowest BCUT2D eigenvalue weighted by Crippen LogP contribution is -2.43. The molecule has 0 aliphatic carbocycles. The van der Waals surface area contributed by atoms with Crippen LogP contribution in [0.5, 0.6) is 0 Å².